The van der Waals surface area contributed by atoms with Gasteiger partial charge in [-0.3, -0.25) is 0 Å². The van der Waals surface area contributed by atoms with Crippen LogP contribution in [0.4, 0.5) is 0 Å². The van der Waals surface area contributed by atoms with Crippen LogP contribution in [-0.4, -0.2) is 49.3 Å². The molecule has 0 aromatic carbocycles. The molecule has 0 saturated heterocycles. The molecule has 0 radical (unpaired) electrons. The van der Waals surface area contributed by atoms with E-state index in [1.54, 1.807) is 0 Å². The second-order valence-electron chi connectivity index (χ2n) is 3.01. The molecule has 0 spiro atoms. The lowest BCUT2D eigenvalue weighted by atomic mass is 10.4. The maximum atomic E-state index is 8.60. The highest BCUT2D eigenvalue weighted by Crippen LogP contribution is 1.82. The molecule has 0 saturated carbocycles. The van der Waals surface area contributed by atoms with Crippen LogP contribution < -0.4 is 14.0 Å². The summed E-state index contributed by atoms with van der Waals surface area (Å²) in [4.78, 5) is 9.99. The van der Waals surface area contributed by atoms with Crippen molar-refractivity contribution in [1.29, 1.82) is 0 Å². The molecule has 0 fully saturated rings. The smallest absolute Gasteiger partial charge is 0.0892 e. The number of rotatable bonds is 5. The predicted octanol–water partition coefficient (Wildman–Crippen LogP) is -2.99. The number of hydrogen-bond donors (Lipinski definition) is 1. The molecule has 0 aromatic rings. The van der Waals surface area contributed by atoms with Crippen molar-refractivity contribution in [2.45, 2.75) is 13.3 Å². The van der Waals surface area contributed by atoms with Crippen LogP contribution in [0.3, 0.4) is 0 Å². The molecule has 0 atom stereocenters. The number of halogens is 1. The molecule has 0 rings (SSSR count). The Hall–Kier alpha value is -0.530. The van der Waals surface area contributed by atoms with Gasteiger partial charge in [-0.2, -0.15) is 14.0 Å². The van der Waals surface area contributed by atoms with Gasteiger partial charge in [-0.1, -0.05) is 0 Å². The Labute approximate surface area is 97.5 Å². The molecule has 1 N–H and O–H groups in total. The zero-order valence-corrected chi connectivity index (χ0v) is 10.5. The van der Waals surface area contributed by atoms with E-state index >= 15 is 0 Å². The Bertz CT molecular complexity index is 206. The highest BCUT2D eigenvalue weighted by molar-refractivity contribution is 5.40. The van der Waals surface area contributed by atoms with Crippen LogP contribution in [-0.2, 0) is 0 Å². The van der Waals surface area contributed by atoms with Crippen molar-refractivity contribution >= 4 is 6.01 Å². The van der Waals surface area contributed by atoms with E-state index in [1.807, 2.05) is 6.92 Å². The summed E-state index contributed by atoms with van der Waals surface area (Å²) in [7, 11) is -0.576. The van der Waals surface area contributed by atoms with Crippen molar-refractivity contribution in [3.05, 3.63) is 0 Å². The summed E-state index contributed by atoms with van der Waals surface area (Å²) in [5.41, 5.74) is 0. The van der Waals surface area contributed by atoms with Gasteiger partial charge in [0.15, 0.2) is 0 Å². The third-order valence-electron chi connectivity index (χ3n) is 1.17. The van der Waals surface area contributed by atoms with Gasteiger partial charge in [0.25, 0.3) is 0 Å². The summed E-state index contributed by atoms with van der Waals surface area (Å²) in [6.45, 7) is 4.67. The van der Waals surface area contributed by atoms with E-state index in [0.29, 0.717) is 0 Å². The third-order valence-corrected chi connectivity index (χ3v) is 1.17. The fourth-order valence-corrected chi connectivity index (χ4v) is 0.637. The quantitative estimate of drug-likeness (QED) is 0.415. The normalized spacial score (nSPS) is 10.2. The molecule has 0 bridgehead atoms. The SMILES string of the molecule is CCN=C=NCCCN(C)C.[O-][Cl+3]([O-])([O-])O. The van der Waals surface area contributed by atoms with E-state index in [-0.39, 0.29) is 0 Å². The zero-order chi connectivity index (χ0) is 13.0. The molecule has 0 aliphatic heterocycles. The summed E-state index contributed by atoms with van der Waals surface area (Å²) in [6.07, 6.45) is 1.08. The van der Waals surface area contributed by atoms with Gasteiger partial charge in [0.2, 0.25) is 0 Å². The Balaban J connectivity index is 0. The van der Waals surface area contributed by atoms with Gasteiger partial charge in [0, 0.05) is 6.54 Å². The van der Waals surface area contributed by atoms with Gasteiger partial charge in [-0.05, 0) is 34.0 Å². The molecule has 0 aromatic heterocycles. The molecule has 7 nitrogen and oxygen atoms in total. The van der Waals surface area contributed by atoms with E-state index in [9.17, 15) is 0 Å². The Morgan fingerprint density at radius 3 is 2.12 bits per heavy atom. The van der Waals surface area contributed by atoms with E-state index < -0.39 is 10.2 Å². The van der Waals surface area contributed by atoms with Crippen molar-refractivity contribution in [2.75, 3.05) is 33.7 Å². The average Bonchev–Trinajstić information content (AvgIpc) is 2.08. The van der Waals surface area contributed by atoms with Gasteiger partial charge in [-0.15, -0.1) is 0 Å². The average molecular weight is 256 g/mol. The molecule has 0 unspecified atom stereocenters. The maximum absolute atomic E-state index is 8.60. The number of hydrogen-bond acceptors (Lipinski definition) is 7. The van der Waals surface area contributed by atoms with E-state index in [0.717, 1.165) is 26.1 Å². The Morgan fingerprint density at radius 2 is 1.75 bits per heavy atom. The van der Waals surface area contributed by atoms with Crippen LogP contribution in [0, 0.1) is 10.2 Å². The maximum Gasteiger partial charge on any atom is 0.0892 e. The topological polar surface area (TPSA) is 117 Å². The largest absolute Gasteiger partial charge is 0.309 e. The lowest BCUT2D eigenvalue weighted by Crippen LogP contribution is -2.58. The predicted molar refractivity (Wildman–Crippen MR) is 50.7 cm³/mol. The Kier molecular flexibility index (Phi) is 12.2. The molecule has 0 heterocycles. The van der Waals surface area contributed by atoms with Crippen LogP contribution >= 0.6 is 0 Å². The van der Waals surface area contributed by atoms with Crippen molar-refractivity contribution in [2.24, 2.45) is 9.98 Å². The molecule has 8 heteroatoms. The van der Waals surface area contributed by atoms with Crippen LogP contribution in [0.2, 0.25) is 0 Å². The van der Waals surface area contributed by atoms with E-state index in [1.165, 1.54) is 0 Å². The standard InChI is InChI=1S/C8H17N3.ClHO4/c1-4-9-8-10-6-5-7-11(2)3;2-1(3,4)5/h4-7H2,1-3H3;(H,2,3,4,5). The highest BCUT2D eigenvalue weighted by atomic mass is 35.7. The van der Waals surface area contributed by atoms with Gasteiger partial charge in [-0.25, -0.2) is 9.98 Å². The summed E-state index contributed by atoms with van der Waals surface area (Å²) in [6, 6.07) is 2.64. The molecular formula is C8H18ClN3O4. The second kappa shape index (κ2) is 11.0. The summed E-state index contributed by atoms with van der Waals surface area (Å²) in [5, 5.41) is 0. The van der Waals surface area contributed by atoms with Crippen molar-refractivity contribution in [3.8, 4) is 0 Å². The lowest BCUT2D eigenvalue weighted by Gasteiger charge is -2.05. The fraction of sp³-hybridized carbons (Fsp3) is 0.875. The number of aliphatic imine (C=N–C) groups is 2. The van der Waals surface area contributed by atoms with Crippen LogP contribution in [0.15, 0.2) is 9.98 Å². The van der Waals surface area contributed by atoms with E-state index in [4.69, 9.17) is 18.6 Å². The molecular weight excluding hydrogens is 238 g/mol. The van der Waals surface area contributed by atoms with Crippen LogP contribution in [0.25, 0.3) is 0 Å². The third kappa shape index (κ3) is 37.5. The summed E-state index contributed by atoms with van der Waals surface area (Å²) < 4.78 is 32.7. The first kappa shape index (κ1) is 17.9. The van der Waals surface area contributed by atoms with E-state index in [2.05, 4.69) is 35.0 Å². The zero-order valence-electron chi connectivity index (χ0n) is 9.72. The molecule has 0 aliphatic rings. The minimum absolute atomic E-state index is 0.775. The highest BCUT2D eigenvalue weighted by Gasteiger charge is 1.98. The fourth-order valence-electron chi connectivity index (χ4n) is 0.637. The van der Waals surface area contributed by atoms with Gasteiger partial charge < -0.3 is 4.90 Å². The second-order valence-corrected chi connectivity index (χ2v) is 3.80. The van der Waals surface area contributed by atoms with Crippen LogP contribution in [0.5, 0.6) is 0 Å². The number of nitrogens with zero attached hydrogens (tertiary/aromatic N) is 3. The molecule has 0 aliphatic carbocycles. The summed E-state index contributed by atoms with van der Waals surface area (Å²) >= 11 is 0. The Morgan fingerprint density at radius 1 is 1.25 bits per heavy atom. The van der Waals surface area contributed by atoms with Crippen molar-refractivity contribution in [1.82, 2.24) is 4.90 Å². The lowest BCUT2D eigenvalue weighted by molar-refractivity contribution is -1.92. The first-order valence-corrected chi connectivity index (χ1v) is 5.89. The molecule has 96 valence electrons. The first-order valence-electron chi connectivity index (χ1n) is 4.63. The summed E-state index contributed by atoms with van der Waals surface area (Å²) in [5.74, 6) is 0. The van der Waals surface area contributed by atoms with Gasteiger partial charge >= 0.3 is 0 Å². The minimum Gasteiger partial charge on any atom is -0.309 e. The van der Waals surface area contributed by atoms with Crippen molar-refractivity contribution in [3.63, 3.8) is 0 Å². The molecule has 16 heavy (non-hydrogen) atoms. The first-order chi connectivity index (χ1) is 7.27. The van der Waals surface area contributed by atoms with Crippen molar-refractivity contribution < 1.29 is 28.9 Å². The van der Waals surface area contributed by atoms with Gasteiger partial charge in [0.05, 0.1) is 27.5 Å². The molecule has 0 amide bonds. The van der Waals surface area contributed by atoms with Gasteiger partial charge in [0.1, 0.15) is 0 Å². The van der Waals surface area contributed by atoms with Crippen LogP contribution in [0.1, 0.15) is 13.3 Å². The minimum atomic E-state index is -4.69. The monoisotopic (exact) mass is 255 g/mol.